The minimum atomic E-state index is -0.423. The van der Waals surface area contributed by atoms with Crippen molar-refractivity contribution in [2.24, 2.45) is 5.10 Å². The fraction of sp³-hybridized carbons (Fsp3) is 0.278. The standard InChI is InChI=1S/C18H19BrN4O/c1-11-6-5-7-12(2)18(11)23-13(3)15(17(19)14(23)4)10-21-22-16(24)8-9-20/h5-7,10H,8H2,1-4H3,(H,22,24)/b21-10-. The normalized spacial score (nSPS) is 10.8. The summed E-state index contributed by atoms with van der Waals surface area (Å²) in [6.07, 6.45) is 1.39. The average molecular weight is 387 g/mol. The predicted molar refractivity (Wildman–Crippen MR) is 98.4 cm³/mol. The number of hydrazone groups is 1. The summed E-state index contributed by atoms with van der Waals surface area (Å²) in [5, 5.41) is 12.4. The van der Waals surface area contributed by atoms with E-state index < -0.39 is 5.91 Å². The van der Waals surface area contributed by atoms with Gasteiger partial charge in [0.15, 0.2) is 0 Å². The lowest BCUT2D eigenvalue weighted by atomic mass is 10.1. The van der Waals surface area contributed by atoms with E-state index in [1.165, 1.54) is 11.1 Å². The number of nitriles is 1. The Hall–Kier alpha value is -2.39. The molecule has 6 heteroatoms. The molecule has 0 aliphatic carbocycles. The number of aromatic nitrogens is 1. The Labute approximate surface area is 150 Å². The second-order valence-electron chi connectivity index (χ2n) is 5.60. The van der Waals surface area contributed by atoms with Crippen molar-refractivity contribution in [3.05, 3.63) is 50.8 Å². The van der Waals surface area contributed by atoms with E-state index in [2.05, 4.69) is 57.0 Å². The zero-order valence-electron chi connectivity index (χ0n) is 14.1. The van der Waals surface area contributed by atoms with Crippen LogP contribution in [0.1, 0.15) is 34.5 Å². The summed E-state index contributed by atoms with van der Waals surface area (Å²) in [6, 6.07) is 8.01. The van der Waals surface area contributed by atoms with Gasteiger partial charge in [0, 0.05) is 21.4 Å². The minimum Gasteiger partial charge on any atom is -0.316 e. The van der Waals surface area contributed by atoms with Crippen LogP contribution in [0.5, 0.6) is 0 Å². The lowest BCUT2D eigenvalue weighted by Crippen LogP contribution is -2.16. The maximum absolute atomic E-state index is 11.3. The maximum Gasteiger partial charge on any atom is 0.254 e. The van der Waals surface area contributed by atoms with Crippen molar-refractivity contribution in [2.75, 3.05) is 0 Å². The Morgan fingerprint density at radius 1 is 1.29 bits per heavy atom. The van der Waals surface area contributed by atoms with Crippen LogP contribution in [0, 0.1) is 39.0 Å². The van der Waals surface area contributed by atoms with Crippen molar-refractivity contribution in [3.63, 3.8) is 0 Å². The highest BCUT2D eigenvalue weighted by atomic mass is 79.9. The molecule has 1 aromatic heterocycles. The molecule has 1 aromatic carbocycles. The molecule has 0 unspecified atom stereocenters. The highest BCUT2D eigenvalue weighted by Crippen LogP contribution is 2.32. The fourth-order valence-corrected chi connectivity index (χ4v) is 3.31. The minimum absolute atomic E-state index is 0.208. The molecule has 0 bridgehead atoms. The van der Waals surface area contributed by atoms with E-state index in [9.17, 15) is 4.79 Å². The van der Waals surface area contributed by atoms with Gasteiger partial charge in [0.2, 0.25) is 0 Å². The molecule has 2 rings (SSSR count). The van der Waals surface area contributed by atoms with E-state index >= 15 is 0 Å². The number of para-hydroxylation sites is 1. The topological polar surface area (TPSA) is 70.2 Å². The first-order chi connectivity index (χ1) is 11.4. The number of aryl methyl sites for hydroxylation is 2. The summed E-state index contributed by atoms with van der Waals surface area (Å²) in [6.45, 7) is 8.23. The predicted octanol–water partition coefficient (Wildman–Crippen LogP) is 3.84. The first-order valence-electron chi connectivity index (χ1n) is 7.51. The van der Waals surface area contributed by atoms with Crippen molar-refractivity contribution < 1.29 is 4.79 Å². The van der Waals surface area contributed by atoms with Crippen molar-refractivity contribution >= 4 is 28.1 Å². The smallest absolute Gasteiger partial charge is 0.254 e. The third-order valence-corrected chi connectivity index (χ3v) is 4.90. The summed E-state index contributed by atoms with van der Waals surface area (Å²) in [4.78, 5) is 11.3. The van der Waals surface area contributed by atoms with Gasteiger partial charge in [-0.25, -0.2) is 5.43 Å². The second kappa shape index (κ2) is 7.45. The van der Waals surface area contributed by atoms with Crippen molar-refractivity contribution in [1.82, 2.24) is 9.99 Å². The Bertz CT molecular complexity index is 839. The molecule has 1 N–H and O–H groups in total. The molecule has 0 saturated carbocycles. The van der Waals surface area contributed by atoms with Crippen LogP contribution >= 0.6 is 15.9 Å². The van der Waals surface area contributed by atoms with Gasteiger partial charge in [-0.2, -0.15) is 10.4 Å². The molecule has 1 heterocycles. The van der Waals surface area contributed by atoms with Crippen LogP contribution in [0.25, 0.3) is 5.69 Å². The summed E-state index contributed by atoms with van der Waals surface area (Å²) >= 11 is 3.62. The third kappa shape index (κ3) is 3.41. The quantitative estimate of drug-likeness (QED) is 0.640. The van der Waals surface area contributed by atoms with Gasteiger partial charge in [0.05, 0.1) is 18.0 Å². The molecule has 0 aliphatic rings. The van der Waals surface area contributed by atoms with Gasteiger partial charge >= 0.3 is 0 Å². The van der Waals surface area contributed by atoms with Gasteiger partial charge in [-0.05, 0) is 54.8 Å². The number of benzene rings is 1. The molecular formula is C18H19BrN4O. The zero-order chi connectivity index (χ0) is 17.9. The van der Waals surface area contributed by atoms with Gasteiger partial charge in [0.1, 0.15) is 6.42 Å². The number of carbonyl (C=O) groups is 1. The Kier molecular flexibility index (Phi) is 5.58. The van der Waals surface area contributed by atoms with Gasteiger partial charge in [-0.15, -0.1) is 0 Å². The molecule has 124 valence electrons. The SMILES string of the molecule is Cc1cccc(C)c1-n1c(C)c(Br)c(/C=N\NC(=O)CC#N)c1C. The molecule has 2 aromatic rings. The Morgan fingerprint density at radius 3 is 2.50 bits per heavy atom. The highest BCUT2D eigenvalue weighted by molar-refractivity contribution is 9.10. The third-order valence-electron chi connectivity index (χ3n) is 3.90. The maximum atomic E-state index is 11.3. The van der Waals surface area contributed by atoms with Crippen LogP contribution in [0.15, 0.2) is 27.8 Å². The number of halogens is 1. The van der Waals surface area contributed by atoms with E-state index in [4.69, 9.17) is 5.26 Å². The molecule has 0 radical (unpaired) electrons. The van der Waals surface area contributed by atoms with Gasteiger partial charge in [-0.1, -0.05) is 18.2 Å². The van der Waals surface area contributed by atoms with E-state index in [0.29, 0.717) is 0 Å². The molecule has 0 aliphatic heterocycles. The average Bonchev–Trinajstić information content (AvgIpc) is 2.72. The number of hydrogen-bond donors (Lipinski definition) is 1. The van der Waals surface area contributed by atoms with E-state index in [1.54, 1.807) is 12.3 Å². The summed E-state index contributed by atoms with van der Waals surface area (Å²) in [5.41, 5.74) is 8.87. The number of nitrogens with one attached hydrogen (secondary N) is 1. The van der Waals surface area contributed by atoms with E-state index in [1.807, 2.05) is 19.9 Å². The lowest BCUT2D eigenvalue weighted by Gasteiger charge is -2.15. The first kappa shape index (κ1) is 18.0. The molecular weight excluding hydrogens is 368 g/mol. The van der Waals surface area contributed by atoms with E-state index in [0.717, 1.165) is 27.1 Å². The van der Waals surface area contributed by atoms with Gasteiger partial charge in [0.25, 0.3) is 5.91 Å². The molecule has 0 spiro atoms. The molecule has 5 nitrogen and oxygen atoms in total. The molecule has 0 fully saturated rings. The van der Waals surface area contributed by atoms with Crippen molar-refractivity contribution in [3.8, 4) is 11.8 Å². The summed E-state index contributed by atoms with van der Waals surface area (Å²) < 4.78 is 3.12. The molecule has 0 saturated heterocycles. The number of hydrogen-bond acceptors (Lipinski definition) is 3. The van der Waals surface area contributed by atoms with E-state index in [-0.39, 0.29) is 6.42 Å². The fourth-order valence-electron chi connectivity index (χ4n) is 2.75. The monoisotopic (exact) mass is 386 g/mol. The number of carbonyl (C=O) groups excluding carboxylic acids is 1. The number of amides is 1. The highest BCUT2D eigenvalue weighted by Gasteiger charge is 2.18. The number of nitrogens with zero attached hydrogens (tertiary/aromatic N) is 3. The summed E-state index contributed by atoms with van der Waals surface area (Å²) in [5.74, 6) is -0.423. The van der Waals surface area contributed by atoms with Gasteiger partial charge in [-0.3, -0.25) is 4.79 Å². The molecule has 0 atom stereocenters. The molecule has 24 heavy (non-hydrogen) atoms. The van der Waals surface area contributed by atoms with Crippen molar-refractivity contribution in [2.45, 2.75) is 34.1 Å². The van der Waals surface area contributed by atoms with Crippen LogP contribution in [-0.2, 0) is 4.79 Å². The Morgan fingerprint density at radius 2 is 1.92 bits per heavy atom. The van der Waals surface area contributed by atoms with Crippen molar-refractivity contribution in [1.29, 1.82) is 5.26 Å². The summed E-state index contributed by atoms with van der Waals surface area (Å²) in [7, 11) is 0. The van der Waals surface area contributed by atoms with Crippen LogP contribution in [0.4, 0.5) is 0 Å². The molecule has 1 amide bonds. The van der Waals surface area contributed by atoms with Crippen LogP contribution in [0.3, 0.4) is 0 Å². The largest absolute Gasteiger partial charge is 0.316 e. The second-order valence-corrected chi connectivity index (χ2v) is 6.40. The van der Waals surface area contributed by atoms with Crippen LogP contribution < -0.4 is 5.43 Å². The van der Waals surface area contributed by atoms with Gasteiger partial charge < -0.3 is 4.57 Å². The number of rotatable bonds is 4. The lowest BCUT2D eigenvalue weighted by molar-refractivity contribution is -0.120. The first-order valence-corrected chi connectivity index (χ1v) is 8.30. The van der Waals surface area contributed by atoms with Crippen LogP contribution in [-0.4, -0.2) is 16.7 Å². The zero-order valence-corrected chi connectivity index (χ0v) is 15.7. The van der Waals surface area contributed by atoms with Crippen LogP contribution in [0.2, 0.25) is 0 Å². The Balaban J connectivity index is 2.46.